The maximum atomic E-state index is 12.6. The SMILES string of the molecule is CC1(C)CCCN1S(=O)(=O)c1cc(Cl)ccc1N. The summed E-state index contributed by atoms with van der Waals surface area (Å²) >= 11 is 5.86. The highest BCUT2D eigenvalue weighted by atomic mass is 35.5. The Labute approximate surface area is 113 Å². The Kier molecular flexibility index (Phi) is 3.34. The number of anilines is 1. The van der Waals surface area contributed by atoms with Crippen LogP contribution in [0.25, 0.3) is 0 Å². The van der Waals surface area contributed by atoms with Gasteiger partial charge in [-0.25, -0.2) is 8.42 Å². The number of sulfonamides is 1. The van der Waals surface area contributed by atoms with Crippen LogP contribution >= 0.6 is 11.6 Å². The number of hydrogen-bond acceptors (Lipinski definition) is 3. The fourth-order valence-corrected chi connectivity index (χ4v) is 4.61. The van der Waals surface area contributed by atoms with Gasteiger partial charge in [-0.1, -0.05) is 11.6 Å². The van der Waals surface area contributed by atoms with Gasteiger partial charge in [0, 0.05) is 17.1 Å². The summed E-state index contributed by atoms with van der Waals surface area (Å²) in [7, 11) is -3.58. The van der Waals surface area contributed by atoms with Gasteiger partial charge >= 0.3 is 0 Å². The Hall–Kier alpha value is -0.780. The number of benzene rings is 1. The van der Waals surface area contributed by atoms with Crippen molar-refractivity contribution in [1.29, 1.82) is 0 Å². The lowest BCUT2D eigenvalue weighted by Gasteiger charge is -2.30. The molecule has 100 valence electrons. The Morgan fingerprint density at radius 3 is 2.61 bits per heavy atom. The maximum absolute atomic E-state index is 12.6. The number of nitrogens with zero attached hydrogens (tertiary/aromatic N) is 1. The zero-order chi connectivity index (χ0) is 13.6. The normalized spacial score (nSPS) is 20.2. The molecule has 0 aliphatic carbocycles. The number of hydrogen-bond donors (Lipinski definition) is 1. The van der Waals surface area contributed by atoms with Crippen LogP contribution in [-0.2, 0) is 10.0 Å². The summed E-state index contributed by atoms with van der Waals surface area (Å²) in [6.45, 7) is 4.39. The lowest BCUT2D eigenvalue weighted by Crippen LogP contribution is -2.42. The van der Waals surface area contributed by atoms with Gasteiger partial charge in [-0.05, 0) is 44.9 Å². The molecule has 1 aliphatic heterocycles. The molecule has 1 saturated heterocycles. The first-order valence-electron chi connectivity index (χ1n) is 5.83. The monoisotopic (exact) mass is 288 g/mol. The zero-order valence-electron chi connectivity index (χ0n) is 10.5. The van der Waals surface area contributed by atoms with Gasteiger partial charge < -0.3 is 5.73 Å². The van der Waals surface area contributed by atoms with Crippen molar-refractivity contribution in [3.63, 3.8) is 0 Å². The van der Waals surface area contributed by atoms with Crippen LogP contribution in [0, 0.1) is 0 Å². The van der Waals surface area contributed by atoms with Crippen molar-refractivity contribution in [2.45, 2.75) is 37.1 Å². The maximum Gasteiger partial charge on any atom is 0.245 e. The van der Waals surface area contributed by atoms with Gasteiger partial charge in [0.1, 0.15) is 4.90 Å². The largest absolute Gasteiger partial charge is 0.398 e. The van der Waals surface area contributed by atoms with Gasteiger partial charge in [-0.2, -0.15) is 4.31 Å². The van der Waals surface area contributed by atoms with Crippen LogP contribution in [-0.4, -0.2) is 24.8 Å². The van der Waals surface area contributed by atoms with E-state index in [1.807, 2.05) is 13.8 Å². The molecule has 0 unspecified atom stereocenters. The third-order valence-electron chi connectivity index (χ3n) is 3.37. The molecule has 2 N–H and O–H groups in total. The smallest absolute Gasteiger partial charge is 0.245 e. The summed E-state index contributed by atoms with van der Waals surface area (Å²) in [4.78, 5) is 0.102. The molecule has 0 bridgehead atoms. The summed E-state index contributed by atoms with van der Waals surface area (Å²) < 4.78 is 26.7. The molecule has 18 heavy (non-hydrogen) atoms. The van der Waals surface area contributed by atoms with Crippen LogP contribution in [0.3, 0.4) is 0 Å². The molecule has 6 heteroatoms. The Bertz CT molecular complexity index is 569. The molecule has 1 aromatic carbocycles. The van der Waals surface area contributed by atoms with E-state index in [0.717, 1.165) is 12.8 Å². The summed E-state index contributed by atoms with van der Waals surface area (Å²) in [5.41, 5.74) is 5.64. The fraction of sp³-hybridized carbons (Fsp3) is 0.500. The van der Waals surface area contributed by atoms with Crippen LogP contribution < -0.4 is 5.73 Å². The van der Waals surface area contributed by atoms with Crippen LogP contribution in [0.1, 0.15) is 26.7 Å². The van der Waals surface area contributed by atoms with E-state index >= 15 is 0 Å². The minimum Gasteiger partial charge on any atom is -0.398 e. The first kappa shape index (κ1) is 13.6. The van der Waals surface area contributed by atoms with E-state index in [9.17, 15) is 8.42 Å². The number of nitrogens with two attached hydrogens (primary N) is 1. The minimum atomic E-state index is -3.58. The van der Waals surface area contributed by atoms with Gasteiger partial charge in [-0.15, -0.1) is 0 Å². The molecule has 0 saturated carbocycles. The van der Waals surface area contributed by atoms with Crippen molar-refractivity contribution in [3.8, 4) is 0 Å². The van der Waals surface area contributed by atoms with Gasteiger partial charge in [0.15, 0.2) is 0 Å². The summed E-state index contributed by atoms with van der Waals surface area (Å²) in [5.74, 6) is 0. The molecule has 1 aromatic rings. The van der Waals surface area contributed by atoms with Crippen LogP contribution in [0.15, 0.2) is 23.1 Å². The summed E-state index contributed by atoms with van der Waals surface area (Å²) in [6, 6.07) is 4.53. The van der Waals surface area contributed by atoms with Crippen molar-refractivity contribution in [2.75, 3.05) is 12.3 Å². The zero-order valence-corrected chi connectivity index (χ0v) is 12.1. The molecule has 1 heterocycles. The molecule has 1 aliphatic rings. The van der Waals surface area contributed by atoms with E-state index in [-0.39, 0.29) is 16.1 Å². The molecule has 0 atom stereocenters. The Morgan fingerprint density at radius 1 is 1.39 bits per heavy atom. The third kappa shape index (κ3) is 2.22. The molecule has 0 spiro atoms. The molecule has 4 nitrogen and oxygen atoms in total. The van der Waals surface area contributed by atoms with E-state index in [2.05, 4.69) is 0 Å². The predicted octanol–water partition coefficient (Wildman–Crippen LogP) is 2.49. The quantitative estimate of drug-likeness (QED) is 0.851. The predicted molar refractivity (Wildman–Crippen MR) is 73.1 cm³/mol. The van der Waals surface area contributed by atoms with E-state index in [1.54, 1.807) is 6.07 Å². The van der Waals surface area contributed by atoms with Crippen LogP contribution in [0.2, 0.25) is 5.02 Å². The van der Waals surface area contributed by atoms with Crippen molar-refractivity contribution < 1.29 is 8.42 Å². The van der Waals surface area contributed by atoms with Crippen molar-refractivity contribution in [1.82, 2.24) is 4.31 Å². The second kappa shape index (κ2) is 4.40. The number of nitrogen functional groups attached to an aromatic ring is 1. The third-order valence-corrected chi connectivity index (χ3v) is 5.77. The van der Waals surface area contributed by atoms with E-state index in [4.69, 9.17) is 17.3 Å². The van der Waals surface area contributed by atoms with Crippen molar-refractivity contribution >= 4 is 27.3 Å². The fourth-order valence-electron chi connectivity index (χ4n) is 2.38. The van der Waals surface area contributed by atoms with Crippen molar-refractivity contribution in [3.05, 3.63) is 23.2 Å². The second-order valence-electron chi connectivity index (χ2n) is 5.18. The minimum absolute atomic E-state index is 0.102. The van der Waals surface area contributed by atoms with Crippen molar-refractivity contribution in [2.24, 2.45) is 0 Å². The molecule has 2 rings (SSSR count). The average molecular weight is 289 g/mol. The van der Waals surface area contributed by atoms with E-state index < -0.39 is 10.0 Å². The second-order valence-corrected chi connectivity index (χ2v) is 7.44. The molecule has 1 fully saturated rings. The van der Waals surface area contributed by atoms with Gasteiger partial charge in [0.05, 0.1) is 5.69 Å². The lowest BCUT2D eigenvalue weighted by atomic mass is 10.0. The summed E-state index contributed by atoms with van der Waals surface area (Å²) in [5, 5.41) is 0.375. The first-order valence-corrected chi connectivity index (χ1v) is 7.65. The lowest BCUT2D eigenvalue weighted by molar-refractivity contribution is 0.292. The average Bonchev–Trinajstić information content (AvgIpc) is 2.62. The van der Waals surface area contributed by atoms with Crippen LogP contribution in [0.4, 0.5) is 5.69 Å². The standard InChI is InChI=1S/C12H17ClN2O2S/c1-12(2)6-3-7-15(12)18(16,17)11-8-9(13)4-5-10(11)14/h4-5,8H,3,6-7,14H2,1-2H3. The molecule has 0 radical (unpaired) electrons. The van der Waals surface area contributed by atoms with E-state index in [0.29, 0.717) is 11.6 Å². The van der Waals surface area contributed by atoms with Gasteiger partial charge in [-0.3, -0.25) is 0 Å². The topological polar surface area (TPSA) is 63.4 Å². The van der Waals surface area contributed by atoms with Gasteiger partial charge in [0.25, 0.3) is 0 Å². The molecule has 0 amide bonds. The Morgan fingerprint density at radius 2 is 2.06 bits per heavy atom. The highest BCUT2D eigenvalue weighted by Crippen LogP contribution is 2.36. The van der Waals surface area contributed by atoms with E-state index in [1.165, 1.54) is 16.4 Å². The van der Waals surface area contributed by atoms with Crippen LogP contribution in [0.5, 0.6) is 0 Å². The molecular formula is C12H17ClN2O2S. The Balaban J connectivity index is 2.52. The number of rotatable bonds is 2. The summed E-state index contributed by atoms with van der Waals surface area (Å²) in [6.07, 6.45) is 1.72. The molecular weight excluding hydrogens is 272 g/mol. The highest BCUT2D eigenvalue weighted by molar-refractivity contribution is 7.89. The molecule has 0 aromatic heterocycles. The van der Waals surface area contributed by atoms with Gasteiger partial charge in [0.2, 0.25) is 10.0 Å². The highest BCUT2D eigenvalue weighted by Gasteiger charge is 2.41. The number of halogens is 1. The first-order chi connectivity index (χ1) is 8.25.